The van der Waals surface area contributed by atoms with Crippen LogP contribution in [0, 0.1) is 6.92 Å². The van der Waals surface area contributed by atoms with Crippen LogP contribution >= 0.6 is 11.8 Å². The Hall–Kier alpha value is -3.32. The molecule has 32 heavy (non-hydrogen) atoms. The number of fused-ring (bicyclic) bond motifs is 1. The Morgan fingerprint density at radius 2 is 1.94 bits per heavy atom. The van der Waals surface area contributed by atoms with Crippen LogP contribution in [0.4, 0.5) is 10.5 Å². The lowest BCUT2D eigenvalue weighted by molar-refractivity contribution is -0.124. The number of nitrogens with zero attached hydrogens (tertiary/aromatic N) is 2. The first-order valence-corrected chi connectivity index (χ1v) is 11.4. The van der Waals surface area contributed by atoms with Crippen LogP contribution < -0.4 is 5.32 Å². The number of amides is 3. The number of anilines is 1. The Balaban J connectivity index is 1.62. The van der Waals surface area contributed by atoms with Crippen molar-refractivity contribution < 1.29 is 14.4 Å². The summed E-state index contributed by atoms with van der Waals surface area (Å²) in [6, 6.07) is 15.2. The van der Waals surface area contributed by atoms with Gasteiger partial charge >= 0.3 is 0 Å². The molecule has 1 aliphatic rings. The quantitative estimate of drug-likeness (QED) is 0.512. The number of rotatable bonds is 6. The molecule has 0 radical (unpaired) electrons. The van der Waals surface area contributed by atoms with E-state index >= 15 is 0 Å². The van der Waals surface area contributed by atoms with Gasteiger partial charge in [0.15, 0.2) is 0 Å². The van der Waals surface area contributed by atoms with Crippen molar-refractivity contribution in [1.82, 2.24) is 9.47 Å². The summed E-state index contributed by atoms with van der Waals surface area (Å²) in [7, 11) is 0. The number of imide groups is 1. The van der Waals surface area contributed by atoms with Crippen molar-refractivity contribution >= 4 is 51.5 Å². The van der Waals surface area contributed by atoms with Gasteiger partial charge in [-0.05, 0) is 61.9 Å². The molecule has 164 valence electrons. The molecule has 2 aromatic carbocycles. The molecule has 1 saturated heterocycles. The topological polar surface area (TPSA) is 71.4 Å². The van der Waals surface area contributed by atoms with Crippen LogP contribution in [-0.4, -0.2) is 32.6 Å². The zero-order chi connectivity index (χ0) is 22.8. The summed E-state index contributed by atoms with van der Waals surface area (Å²) in [4.78, 5) is 39.6. The lowest BCUT2D eigenvalue weighted by Gasteiger charge is -2.19. The monoisotopic (exact) mass is 447 g/mol. The molecule has 0 saturated carbocycles. The molecule has 3 aromatic rings. The molecule has 1 N–H and O–H groups in total. The van der Waals surface area contributed by atoms with E-state index in [1.807, 2.05) is 80.1 Å². The Bertz CT molecular complexity index is 1240. The van der Waals surface area contributed by atoms with E-state index in [-0.39, 0.29) is 29.6 Å². The van der Waals surface area contributed by atoms with Gasteiger partial charge in [0.1, 0.15) is 6.54 Å². The van der Waals surface area contributed by atoms with Gasteiger partial charge in [0.25, 0.3) is 11.1 Å². The van der Waals surface area contributed by atoms with Crippen molar-refractivity contribution in [2.75, 3.05) is 5.32 Å². The number of carbonyl (C=O) groups excluding carboxylic acids is 3. The molecule has 4 rings (SSSR count). The summed E-state index contributed by atoms with van der Waals surface area (Å²) in [5.74, 6) is -0.400. The molecule has 0 spiro atoms. The second-order valence-electron chi connectivity index (χ2n) is 7.96. The summed E-state index contributed by atoms with van der Waals surface area (Å²) in [5.41, 5.74) is 3.52. The molecule has 1 fully saturated rings. The van der Waals surface area contributed by atoms with Gasteiger partial charge in [-0.25, -0.2) is 0 Å². The van der Waals surface area contributed by atoms with Crippen LogP contribution in [0.5, 0.6) is 0 Å². The van der Waals surface area contributed by atoms with E-state index < -0.39 is 0 Å². The molecule has 2 heterocycles. The first-order valence-electron chi connectivity index (χ1n) is 10.6. The fraction of sp³-hybridized carbons (Fsp3) is 0.240. The van der Waals surface area contributed by atoms with Crippen LogP contribution in [0.15, 0.2) is 59.6 Å². The van der Waals surface area contributed by atoms with Crippen molar-refractivity contribution in [2.45, 2.75) is 39.8 Å². The minimum absolute atomic E-state index is 0.136. The Labute approximate surface area is 191 Å². The number of para-hydroxylation sites is 1. The van der Waals surface area contributed by atoms with Gasteiger partial charge in [-0.15, -0.1) is 0 Å². The summed E-state index contributed by atoms with van der Waals surface area (Å²) in [6.45, 7) is 5.94. The Morgan fingerprint density at radius 1 is 1.16 bits per heavy atom. The third kappa shape index (κ3) is 4.34. The van der Waals surface area contributed by atoms with Gasteiger partial charge in [-0.1, -0.05) is 37.3 Å². The SMILES string of the molecule is CC[C@H](C)N1C(=O)S/C(=C\c2cn(CC(=O)Nc3cccc(C)c3)c3ccccc23)C1=O. The van der Waals surface area contributed by atoms with Gasteiger partial charge in [0.2, 0.25) is 5.91 Å². The molecule has 1 atom stereocenters. The van der Waals surface area contributed by atoms with E-state index in [4.69, 9.17) is 0 Å². The molecule has 0 aliphatic carbocycles. The number of hydrogen-bond acceptors (Lipinski definition) is 4. The number of aryl methyl sites for hydroxylation is 1. The number of nitrogens with one attached hydrogen (secondary N) is 1. The highest BCUT2D eigenvalue weighted by atomic mass is 32.2. The Kier molecular flexibility index (Phi) is 6.19. The highest BCUT2D eigenvalue weighted by Crippen LogP contribution is 2.35. The molecule has 0 bridgehead atoms. The fourth-order valence-electron chi connectivity index (χ4n) is 3.78. The van der Waals surface area contributed by atoms with E-state index in [1.54, 1.807) is 6.08 Å². The van der Waals surface area contributed by atoms with Gasteiger partial charge in [0, 0.05) is 34.4 Å². The third-order valence-corrected chi connectivity index (χ3v) is 6.46. The van der Waals surface area contributed by atoms with E-state index in [0.29, 0.717) is 11.3 Å². The molecular formula is C25H25N3O3S. The molecule has 6 nitrogen and oxygen atoms in total. The lowest BCUT2D eigenvalue weighted by atomic mass is 10.1. The predicted molar refractivity (Wildman–Crippen MR) is 129 cm³/mol. The predicted octanol–water partition coefficient (Wildman–Crippen LogP) is 5.42. The van der Waals surface area contributed by atoms with Crippen molar-refractivity contribution in [3.8, 4) is 0 Å². The number of benzene rings is 2. The minimum Gasteiger partial charge on any atom is -0.337 e. The van der Waals surface area contributed by atoms with Crippen LogP contribution in [0.2, 0.25) is 0 Å². The van der Waals surface area contributed by atoms with Gasteiger partial charge < -0.3 is 9.88 Å². The molecule has 0 unspecified atom stereocenters. The van der Waals surface area contributed by atoms with E-state index in [0.717, 1.165) is 39.5 Å². The normalized spacial score (nSPS) is 16.2. The van der Waals surface area contributed by atoms with E-state index in [1.165, 1.54) is 4.90 Å². The number of hydrogen-bond donors (Lipinski definition) is 1. The van der Waals surface area contributed by atoms with Gasteiger partial charge in [-0.2, -0.15) is 0 Å². The van der Waals surface area contributed by atoms with E-state index in [9.17, 15) is 14.4 Å². The van der Waals surface area contributed by atoms with E-state index in [2.05, 4.69) is 5.32 Å². The zero-order valence-electron chi connectivity index (χ0n) is 18.3. The number of thioether (sulfide) groups is 1. The first kappa shape index (κ1) is 21.9. The summed E-state index contributed by atoms with van der Waals surface area (Å²) < 4.78 is 1.87. The molecule has 1 aromatic heterocycles. The largest absolute Gasteiger partial charge is 0.337 e. The molecule has 7 heteroatoms. The zero-order valence-corrected chi connectivity index (χ0v) is 19.1. The average Bonchev–Trinajstić information content (AvgIpc) is 3.24. The van der Waals surface area contributed by atoms with Crippen LogP contribution in [0.1, 0.15) is 31.4 Å². The van der Waals surface area contributed by atoms with Crippen molar-refractivity contribution in [3.63, 3.8) is 0 Å². The van der Waals surface area contributed by atoms with Crippen molar-refractivity contribution in [1.29, 1.82) is 0 Å². The third-order valence-electron chi connectivity index (χ3n) is 5.58. The van der Waals surface area contributed by atoms with Gasteiger partial charge in [-0.3, -0.25) is 19.3 Å². The second-order valence-corrected chi connectivity index (χ2v) is 8.95. The second kappa shape index (κ2) is 9.04. The highest BCUT2D eigenvalue weighted by molar-refractivity contribution is 8.18. The summed E-state index contributed by atoms with van der Waals surface area (Å²) in [5, 5.41) is 3.61. The maximum atomic E-state index is 12.8. The van der Waals surface area contributed by atoms with Gasteiger partial charge in [0.05, 0.1) is 4.91 Å². The fourth-order valence-corrected chi connectivity index (χ4v) is 4.70. The van der Waals surface area contributed by atoms with Crippen LogP contribution in [0.3, 0.4) is 0 Å². The number of carbonyl (C=O) groups is 3. The number of aromatic nitrogens is 1. The maximum absolute atomic E-state index is 12.8. The average molecular weight is 448 g/mol. The molecular weight excluding hydrogens is 422 g/mol. The van der Waals surface area contributed by atoms with Crippen molar-refractivity contribution in [3.05, 3.63) is 70.8 Å². The van der Waals surface area contributed by atoms with Crippen LogP contribution in [-0.2, 0) is 16.1 Å². The first-order chi connectivity index (χ1) is 15.4. The maximum Gasteiger partial charge on any atom is 0.293 e. The highest BCUT2D eigenvalue weighted by Gasteiger charge is 2.37. The van der Waals surface area contributed by atoms with Crippen LogP contribution in [0.25, 0.3) is 17.0 Å². The van der Waals surface area contributed by atoms with Crippen molar-refractivity contribution in [2.24, 2.45) is 0 Å². The molecule has 1 aliphatic heterocycles. The Morgan fingerprint density at radius 3 is 2.69 bits per heavy atom. The summed E-state index contributed by atoms with van der Waals surface area (Å²) >= 11 is 0.965. The minimum atomic E-state index is -0.261. The smallest absolute Gasteiger partial charge is 0.293 e. The standard InChI is InChI=1S/C25H25N3O3S/c1-4-17(3)28-24(30)22(32-25(28)31)13-18-14-27(21-11-6-5-10-20(18)21)15-23(29)26-19-9-7-8-16(2)12-19/h5-14,17H,4,15H2,1-3H3,(H,26,29)/b22-13-/t17-/m0/s1. The summed E-state index contributed by atoms with van der Waals surface area (Å²) in [6.07, 6.45) is 4.32. The lowest BCUT2D eigenvalue weighted by Crippen LogP contribution is -2.36. The molecule has 3 amide bonds.